The Bertz CT molecular complexity index is 635. The number of rotatable bonds is 5. The first-order valence-corrected chi connectivity index (χ1v) is 7.46. The number of aryl methyl sites for hydroxylation is 1. The molecule has 1 heterocycles. The molecule has 0 bridgehead atoms. The quantitative estimate of drug-likeness (QED) is 0.903. The summed E-state index contributed by atoms with van der Waals surface area (Å²) in [5.41, 5.74) is 1.68. The minimum Gasteiger partial charge on any atom is -0.281 e. The van der Waals surface area contributed by atoms with Gasteiger partial charge in [0, 0.05) is 13.6 Å². The van der Waals surface area contributed by atoms with Crippen LogP contribution in [0.5, 0.6) is 0 Å². The van der Waals surface area contributed by atoms with Crippen molar-refractivity contribution < 1.29 is 8.42 Å². The molecule has 0 unspecified atom stereocenters. The van der Waals surface area contributed by atoms with Crippen LogP contribution in [0.2, 0.25) is 0 Å². The highest BCUT2D eigenvalue weighted by Gasteiger charge is 2.23. The zero-order chi connectivity index (χ0) is 13.9. The van der Waals surface area contributed by atoms with Gasteiger partial charge in [-0.2, -0.15) is 5.10 Å². The number of H-pyrrole nitrogens is 1. The number of hydrogen-bond acceptors (Lipinski definition) is 3. The normalized spacial score (nSPS) is 11.9. The molecule has 0 saturated heterocycles. The molecule has 0 atom stereocenters. The molecule has 0 aliphatic rings. The maximum absolute atomic E-state index is 12.3. The van der Waals surface area contributed by atoms with Crippen LogP contribution in [0.3, 0.4) is 0 Å². The molecule has 1 aromatic heterocycles. The molecular formula is C13H17N3O2S. The number of sulfonamides is 1. The van der Waals surface area contributed by atoms with Crippen LogP contribution < -0.4 is 0 Å². The van der Waals surface area contributed by atoms with E-state index in [9.17, 15) is 8.42 Å². The SMILES string of the molecule is Cc1[nH]ncc1S(=O)(=O)N(C)CCc1ccccc1. The van der Waals surface area contributed by atoms with Crippen molar-refractivity contribution in [1.29, 1.82) is 0 Å². The van der Waals surface area contributed by atoms with Crippen LogP contribution in [0.4, 0.5) is 0 Å². The molecule has 0 saturated carbocycles. The fourth-order valence-corrected chi connectivity index (χ4v) is 3.10. The van der Waals surface area contributed by atoms with Crippen molar-refractivity contribution in [2.24, 2.45) is 0 Å². The topological polar surface area (TPSA) is 66.1 Å². The highest BCUT2D eigenvalue weighted by atomic mass is 32.2. The predicted octanol–water partition coefficient (Wildman–Crippen LogP) is 1.58. The first kappa shape index (κ1) is 13.8. The fourth-order valence-electron chi connectivity index (χ4n) is 1.82. The van der Waals surface area contributed by atoms with Gasteiger partial charge >= 0.3 is 0 Å². The molecule has 0 radical (unpaired) electrons. The van der Waals surface area contributed by atoms with E-state index in [1.54, 1.807) is 14.0 Å². The van der Waals surface area contributed by atoms with E-state index < -0.39 is 10.0 Å². The fraction of sp³-hybridized carbons (Fsp3) is 0.308. The van der Waals surface area contributed by atoms with Gasteiger partial charge in [0.05, 0.1) is 11.9 Å². The summed E-state index contributed by atoms with van der Waals surface area (Å²) in [6.07, 6.45) is 2.04. The number of aromatic amines is 1. The van der Waals surface area contributed by atoms with Crippen LogP contribution in [0, 0.1) is 6.92 Å². The lowest BCUT2D eigenvalue weighted by Gasteiger charge is -2.16. The van der Waals surface area contributed by atoms with Gasteiger partial charge in [-0.25, -0.2) is 12.7 Å². The smallest absolute Gasteiger partial charge is 0.246 e. The molecule has 1 N–H and O–H groups in total. The van der Waals surface area contributed by atoms with Crippen LogP contribution in [0.15, 0.2) is 41.4 Å². The minimum absolute atomic E-state index is 0.239. The summed E-state index contributed by atoms with van der Waals surface area (Å²) in [6.45, 7) is 2.14. The molecule has 2 rings (SSSR count). The third-order valence-electron chi connectivity index (χ3n) is 3.03. The number of benzene rings is 1. The first-order chi connectivity index (χ1) is 9.01. The maximum atomic E-state index is 12.3. The molecule has 0 amide bonds. The van der Waals surface area contributed by atoms with Gasteiger partial charge in [-0.15, -0.1) is 0 Å². The van der Waals surface area contributed by atoms with Crippen LogP contribution in [0.1, 0.15) is 11.3 Å². The highest BCUT2D eigenvalue weighted by Crippen LogP contribution is 2.16. The summed E-state index contributed by atoms with van der Waals surface area (Å²) in [4.78, 5) is 0.239. The molecular weight excluding hydrogens is 262 g/mol. The summed E-state index contributed by atoms with van der Waals surface area (Å²) < 4.78 is 26.0. The second kappa shape index (κ2) is 5.54. The number of likely N-dealkylation sites (N-methyl/N-ethyl adjacent to an activating group) is 1. The Hall–Kier alpha value is -1.66. The number of hydrogen-bond donors (Lipinski definition) is 1. The van der Waals surface area contributed by atoms with E-state index in [0.717, 1.165) is 5.56 Å². The van der Waals surface area contributed by atoms with E-state index in [0.29, 0.717) is 18.7 Å². The minimum atomic E-state index is -3.46. The van der Waals surface area contributed by atoms with Crippen LogP contribution >= 0.6 is 0 Å². The van der Waals surface area contributed by atoms with Gasteiger partial charge in [0.1, 0.15) is 4.90 Å². The average molecular weight is 279 g/mol. The van der Waals surface area contributed by atoms with Crippen molar-refractivity contribution in [3.8, 4) is 0 Å². The Labute approximate surface area is 113 Å². The van der Waals surface area contributed by atoms with Crippen molar-refractivity contribution >= 4 is 10.0 Å². The average Bonchev–Trinajstić information content (AvgIpc) is 2.84. The number of nitrogens with one attached hydrogen (secondary N) is 1. The number of nitrogens with zero attached hydrogens (tertiary/aromatic N) is 2. The lowest BCUT2D eigenvalue weighted by atomic mass is 10.2. The van der Waals surface area contributed by atoms with Gasteiger partial charge in [0.2, 0.25) is 10.0 Å². The lowest BCUT2D eigenvalue weighted by Crippen LogP contribution is -2.29. The lowest BCUT2D eigenvalue weighted by molar-refractivity contribution is 0.472. The third kappa shape index (κ3) is 3.02. The summed E-state index contributed by atoms with van der Waals surface area (Å²) in [7, 11) is -1.87. The molecule has 0 spiro atoms. The number of aromatic nitrogens is 2. The van der Waals surface area contributed by atoms with Crippen molar-refractivity contribution in [1.82, 2.24) is 14.5 Å². The molecule has 0 aliphatic carbocycles. The molecule has 5 nitrogen and oxygen atoms in total. The Morgan fingerprint density at radius 2 is 1.95 bits per heavy atom. The largest absolute Gasteiger partial charge is 0.281 e. The van der Waals surface area contributed by atoms with E-state index in [1.807, 2.05) is 30.3 Å². The van der Waals surface area contributed by atoms with E-state index >= 15 is 0 Å². The maximum Gasteiger partial charge on any atom is 0.246 e. The summed E-state index contributed by atoms with van der Waals surface area (Å²) in [5, 5.41) is 6.41. The van der Waals surface area contributed by atoms with E-state index in [1.165, 1.54) is 10.5 Å². The molecule has 19 heavy (non-hydrogen) atoms. The Balaban J connectivity index is 2.08. The van der Waals surface area contributed by atoms with Gasteiger partial charge in [-0.1, -0.05) is 30.3 Å². The molecule has 6 heteroatoms. The molecule has 102 valence electrons. The standard InChI is InChI=1S/C13H17N3O2S/c1-11-13(10-14-15-11)19(17,18)16(2)9-8-12-6-4-3-5-7-12/h3-7,10H,8-9H2,1-2H3,(H,14,15). The molecule has 0 aliphatic heterocycles. The van der Waals surface area contributed by atoms with Gasteiger partial charge in [0.15, 0.2) is 0 Å². The third-order valence-corrected chi connectivity index (χ3v) is 5.00. The van der Waals surface area contributed by atoms with Crippen LogP contribution in [-0.4, -0.2) is 36.5 Å². The van der Waals surface area contributed by atoms with Gasteiger partial charge in [-0.3, -0.25) is 5.10 Å². The van der Waals surface area contributed by atoms with Crippen molar-refractivity contribution in [2.45, 2.75) is 18.2 Å². The van der Waals surface area contributed by atoms with Crippen molar-refractivity contribution in [2.75, 3.05) is 13.6 Å². The molecule has 2 aromatic rings. The Morgan fingerprint density at radius 3 is 2.53 bits per heavy atom. The zero-order valence-electron chi connectivity index (χ0n) is 11.0. The van der Waals surface area contributed by atoms with E-state index in [2.05, 4.69) is 10.2 Å². The molecule has 1 aromatic carbocycles. The predicted molar refractivity (Wildman–Crippen MR) is 73.3 cm³/mol. The first-order valence-electron chi connectivity index (χ1n) is 6.02. The summed E-state index contributed by atoms with van der Waals surface area (Å²) >= 11 is 0. The summed E-state index contributed by atoms with van der Waals surface area (Å²) in [6, 6.07) is 9.82. The van der Waals surface area contributed by atoms with E-state index in [4.69, 9.17) is 0 Å². The second-order valence-corrected chi connectivity index (χ2v) is 6.43. The second-order valence-electron chi connectivity index (χ2n) is 4.42. The van der Waals surface area contributed by atoms with Gasteiger partial charge in [0.25, 0.3) is 0 Å². The molecule has 0 fully saturated rings. The van der Waals surface area contributed by atoms with Crippen molar-refractivity contribution in [3.63, 3.8) is 0 Å². The van der Waals surface area contributed by atoms with Gasteiger partial charge in [-0.05, 0) is 18.9 Å². The van der Waals surface area contributed by atoms with Crippen LogP contribution in [0.25, 0.3) is 0 Å². The van der Waals surface area contributed by atoms with Crippen molar-refractivity contribution in [3.05, 3.63) is 47.8 Å². The highest BCUT2D eigenvalue weighted by molar-refractivity contribution is 7.89. The summed E-state index contributed by atoms with van der Waals surface area (Å²) in [5.74, 6) is 0. The Morgan fingerprint density at radius 1 is 1.26 bits per heavy atom. The van der Waals surface area contributed by atoms with E-state index in [-0.39, 0.29) is 4.90 Å². The van der Waals surface area contributed by atoms with Crippen LogP contribution in [-0.2, 0) is 16.4 Å². The Kier molecular flexibility index (Phi) is 4.01. The van der Waals surface area contributed by atoms with Gasteiger partial charge < -0.3 is 0 Å². The zero-order valence-corrected chi connectivity index (χ0v) is 11.8. The monoisotopic (exact) mass is 279 g/mol.